The zero-order valence-corrected chi connectivity index (χ0v) is 15.9. The zero-order chi connectivity index (χ0) is 19.4. The van der Waals surface area contributed by atoms with E-state index in [1.165, 1.54) is 7.11 Å². The second-order valence-corrected chi connectivity index (χ2v) is 8.01. The lowest BCUT2D eigenvalue weighted by Gasteiger charge is -2.16. The van der Waals surface area contributed by atoms with Crippen LogP contribution in [0, 0.1) is 0 Å². The SMILES string of the molecule is CCc1ccc(CS(=O)(=O)c2ccccc2)c(C(=O)OC)c1-c1ccn[nH]1. The number of benzene rings is 2. The van der Waals surface area contributed by atoms with Gasteiger partial charge in [-0.1, -0.05) is 37.3 Å². The highest BCUT2D eigenvalue weighted by atomic mass is 32.2. The molecule has 0 amide bonds. The number of ether oxygens (including phenoxy) is 1. The third kappa shape index (κ3) is 3.78. The first kappa shape index (κ1) is 18.8. The van der Waals surface area contributed by atoms with Crippen molar-refractivity contribution in [1.82, 2.24) is 10.2 Å². The summed E-state index contributed by atoms with van der Waals surface area (Å²) in [5.41, 5.74) is 2.82. The average molecular weight is 384 g/mol. The maximum Gasteiger partial charge on any atom is 0.338 e. The highest BCUT2D eigenvalue weighted by molar-refractivity contribution is 7.90. The number of nitrogens with zero attached hydrogens (tertiary/aromatic N) is 1. The van der Waals surface area contributed by atoms with Crippen LogP contribution in [0.2, 0.25) is 0 Å². The van der Waals surface area contributed by atoms with Gasteiger partial charge in [0.2, 0.25) is 0 Å². The fraction of sp³-hybridized carbons (Fsp3) is 0.200. The van der Waals surface area contributed by atoms with Gasteiger partial charge in [0, 0.05) is 11.8 Å². The lowest BCUT2D eigenvalue weighted by atomic mass is 9.93. The second-order valence-electron chi connectivity index (χ2n) is 6.02. The number of carbonyl (C=O) groups excluding carboxylic acids is 1. The molecule has 0 saturated carbocycles. The van der Waals surface area contributed by atoms with Crippen LogP contribution in [0.15, 0.2) is 59.6 Å². The molecule has 2 aromatic carbocycles. The minimum Gasteiger partial charge on any atom is -0.465 e. The van der Waals surface area contributed by atoms with Crippen molar-refractivity contribution in [3.63, 3.8) is 0 Å². The Hall–Kier alpha value is -2.93. The van der Waals surface area contributed by atoms with Crippen molar-refractivity contribution in [2.45, 2.75) is 24.0 Å². The number of aryl methyl sites for hydroxylation is 1. The van der Waals surface area contributed by atoms with Gasteiger partial charge >= 0.3 is 5.97 Å². The van der Waals surface area contributed by atoms with Gasteiger partial charge in [-0.3, -0.25) is 5.10 Å². The lowest BCUT2D eigenvalue weighted by molar-refractivity contribution is 0.0600. The van der Waals surface area contributed by atoms with Gasteiger partial charge in [-0.2, -0.15) is 5.10 Å². The van der Waals surface area contributed by atoms with Gasteiger partial charge < -0.3 is 4.74 Å². The van der Waals surface area contributed by atoms with E-state index in [2.05, 4.69) is 10.2 Å². The number of aromatic nitrogens is 2. The minimum atomic E-state index is -3.62. The summed E-state index contributed by atoms with van der Waals surface area (Å²) in [5.74, 6) is -0.875. The number of esters is 1. The molecular formula is C20H20N2O4S. The smallest absolute Gasteiger partial charge is 0.338 e. The van der Waals surface area contributed by atoms with Crippen LogP contribution in [-0.2, 0) is 26.7 Å². The van der Waals surface area contributed by atoms with Crippen LogP contribution >= 0.6 is 0 Å². The van der Waals surface area contributed by atoms with Crippen molar-refractivity contribution in [3.8, 4) is 11.3 Å². The van der Waals surface area contributed by atoms with Gasteiger partial charge in [0.05, 0.1) is 29.0 Å². The molecule has 0 aliphatic rings. The summed E-state index contributed by atoms with van der Waals surface area (Å²) < 4.78 is 30.7. The summed E-state index contributed by atoms with van der Waals surface area (Å²) in [5, 5.41) is 6.82. The van der Waals surface area contributed by atoms with Crippen LogP contribution in [0.1, 0.15) is 28.4 Å². The molecule has 3 aromatic rings. The number of hydrogen-bond donors (Lipinski definition) is 1. The molecule has 0 aliphatic heterocycles. The van der Waals surface area contributed by atoms with Crippen molar-refractivity contribution in [3.05, 3.63) is 71.4 Å². The molecule has 0 fully saturated rings. The Morgan fingerprint density at radius 2 is 1.78 bits per heavy atom. The maximum atomic E-state index is 12.8. The predicted octanol–water partition coefficient (Wildman–Crippen LogP) is 3.40. The molecule has 1 heterocycles. The fourth-order valence-corrected chi connectivity index (χ4v) is 4.45. The van der Waals surface area contributed by atoms with Crippen molar-refractivity contribution >= 4 is 15.8 Å². The number of sulfone groups is 1. The number of rotatable bonds is 6. The van der Waals surface area contributed by atoms with E-state index in [0.29, 0.717) is 23.2 Å². The molecule has 7 heteroatoms. The van der Waals surface area contributed by atoms with Crippen LogP contribution in [0.3, 0.4) is 0 Å². The highest BCUT2D eigenvalue weighted by Crippen LogP contribution is 2.32. The molecule has 3 rings (SSSR count). The molecule has 0 aliphatic carbocycles. The van der Waals surface area contributed by atoms with E-state index in [1.807, 2.05) is 13.0 Å². The van der Waals surface area contributed by atoms with Crippen LogP contribution in [0.4, 0.5) is 0 Å². The summed E-state index contributed by atoms with van der Waals surface area (Å²) in [7, 11) is -2.33. The quantitative estimate of drug-likeness (QED) is 0.658. The highest BCUT2D eigenvalue weighted by Gasteiger charge is 2.25. The molecule has 0 saturated heterocycles. The van der Waals surface area contributed by atoms with Crippen LogP contribution in [0.5, 0.6) is 0 Å². The number of H-pyrrole nitrogens is 1. The third-order valence-corrected chi connectivity index (χ3v) is 6.05. The topological polar surface area (TPSA) is 89.1 Å². The van der Waals surface area contributed by atoms with Crippen molar-refractivity contribution in [2.75, 3.05) is 7.11 Å². The molecule has 0 radical (unpaired) electrons. The summed E-state index contributed by atoms with van der Waals surface area (Å²) in [6.07, 6.45) is 2.26. The maximum absolute atomic E-state index is 12.8. The Balaban J connectivity index is 2.19. The first-order chi connectivity index (χ1) is 13.0. The molecule has 0 bridgehead atoms. The molecule has 27 heavy (non-hydrogen) atoms. The van der Waals surface area contributed by atoms with E-state index in [9.17, 15) is 13.2 Å². The van der Waals surface area contributed by atoms with Gasteiger partial charge in [-0.25, -0.2) is 13.2 Å². The standard InChI is InChI=1S/C20H20N2O4S/c1-3-14-9-10-15(13-27(24,25)16-7-5-4-6-8-16)19(20(23)26-2)18(14)17-11-12-21-22-17/h4-12H,3,13H2,1-2H3,(H,21,22). The lowest BCUT2D eigenvalue weighted by Crippen LogP contribution is -2.14. The van der Waals surface area contributed by atoms with Gasteiger partial charge in [0.1, 0.15) is 0 Å². The monoisotopic (exact) mass is 384 g/mol. The summed E-state index contributed by atoms with van der Waals surface area (Å²) in [6.45, 7) is 1.97. The first-order valence-corrected chi connectivity index (χ1v) is 10.1. The normalized spacial score (nSPS) is 11.3. The van der Waals surface area contributed by atoms with Gasteiger partial charge in [0.15, 0.2) is 9.84 Å². The number of carbonyl (C=O) groups is 1. The van der Waals surface area contributed by atoms with E-state index >= 15 is 0 Å². The van der Waals surface area contributed by atoms with Crippen molar-refractivity contribution < 1.29 is 17.9 Å². The molecule has 6 nitrogen and oxygen atoms in total. The Bertz CT molecular complexity index is 1040. The fourth-order valence-electron chi connectivity index (χ4n) is 3.06. The third-order valence-electron chi connectivity index (χ3n) is 4.37. The van der Waals surface area contributed by atoms with E-state index in [0.717, 1.165) is 5.56 Å². The molecule has 140 valence electrons. The number of nitrogens with one attached hydrogen (secondary N) is 1. The minimum absolute atomic E-state index is 0.212. The van der Waals surface area contributed by atoms with Gasteiger partial charge in [-0.15, -0.1) is 0 Å². The summed E-state index contributed by atoms with van der Waals surface area (Å²) in [4.78, 5) is 12.8. The Morgan fingerprint density at radius 1 is 1.07 bits per heavy atom. The predicted molar refractivity (Wildman–Crippen MR) is 102 cm³/mol. The van der Waals surface area contributed by atoms with E-state index in [1.54, 1.807) is 48.7 Å². The molecular weight excluding hydrogens is 364 g/mol. The molecule has 1 aromatic heterocycles. The molecule has 1 N–H and O–H groups in total. The largest absolute Gasteiger partial charge is 0.465 e. The summed E-state index contributed by atoms with van der Waals surface area (Å²) in [6, 6.07) is 13.5. The van der Waals surface area contributed by atoms with Crippen molar-refractivity contribution in [1.29, 1.82) is 0 Å². The number of aromatic amines is 1. The van der Waals surface area contributed by atoms with E-state index < -0.39 is 15.8 Å². The zero-order valence-electron chi connectivity index (χ0n) is 15.1. The van der Waals surface area contributed by atoms with Crippen molar-refractivity contribution in [2.24, 2.45) is 0 Å². The Labute approximate surface area is 158 Å². The average Bonchev–Trinajstić information content (AvgIpc) is 3.22. The first-order valence-electron chi connectivity index (χ1n) is 8.48. The number of methoxy groups -OCH3 is 1. The molecule has 0 atom stereocenters. The molecule has 0 unspecified atom stereocenters. The van der Waals surface area contributed by atoms with Crippen LogP contribution in [-0.4, -0.2) is 31.7 Å². The van der Waals surface area contributed by atoms with E-state index in [4.69, 9.17) is 4.74 Å². The van der Waals surface area contributed by atoms with Crippen LogP contribution in [0.25, 0.3) is 11.3 Å². The van der Waals surface area contributed by atoms with Gasteiger partial charge in [0.25, 0.3) is 0 Å². The van der Waals surface area contributed by atoms with E-state index in [-0.39, 0.29) is 16.2 Å². The number of hydrogen-bond acceptors (Lipinski definition) is 5. The second kappa shape index (κ2) is 7.75. The summed E-state index contributed by atoms with van der Waals surface area (Å²) >= 11 is 0. The van der Waals surface area contributed by atoms with Gasteiger partial charge in [-0.05, 0) is 35.7 Å². The van der Waals surface area contributed by atoms with Crippen LogP contribution < -0.4 is 0 Å². The Morgan fingerprint density at radius 3 is 2.37 bits per heavy atom. The molecule has 0 spiro atoms. The Kier molecular flexibility index (Phi) is 5.41.